The second-order valence-corrected chi connectivity index (χ2v) is 5.42. The van der Waals surface area contributed by atoms with Gasteiger partial charge >= 0.3 is 0 Å². The number of phenolic OH excluding ortho intramolecular Hbond substituents is 1. The maximum atomic E-state index is 12.2. The van der Waals surface area contributed by atoms with Crippen LogP contribution in [0.3, 0.4) is 0 Å². The first-order valence-electron chi connectivity index (χ1n) is 6.59. The first kappa shape index (κ1) is 16.6. The van der Waals surface area contributed by atoms with Gasteiger partial charge < -0.3 is 15.2 Å². The van der Waals surface area contributed by atoms with Gasteiger partial charge in [-0.15, -0.1) is 0 Å². The normalized spacial score (nSPS) is 10.7. The highest BCUT2D eigenvalue weighted by Gasteiger charge is 2.10. The van der Waals surface area contributed by atoms with E-state index in [9.17, 15) is 15.2 Å². The van der Waals surface area contributed by atoms with Gasteiger partial charge in [-0.1, -0.05) is 6.07 Å². The lowest BCUT2D eigenvalue weighted by Crippen LogP contribution is -2.13. The molecule has 0 saturated heterocycles. The third-order valence-corrected chi connectivity index (χ3v) is 3.63. The second kappa shape index (κ2) is 7.47. The van der Waals surface area contributed by atoms with Gasteiger partial charge in [-0.3, -0.25) is 4.79 Å². The quantitative estimate of drug-likeness (QED) is 0.632. The van der Waals surface area contributed by atoms with Crippen molar-refractivity contribution in [2.24, 2.45) is 0 Å². The molecule has 0 heterocycles. The molecule has 0 aliphatic heterocycles. The molecule has 1 amide bonds. The Kier molecular flexibility index (Phi) is 5.39. The molecule has 0 aromatic heterocycles. The van der Waals surface area contributed by atoms with Crippen LogP contribution >= 0.6 is 15.9 Å². The van der Waals surface area contributed by atoms with Gasteiger partial charge in [0, 0.05) is 5.69 Å². The maximum absolute atomic E-state index is 12.2. The van der Waals surface area contributed by atoms with Gasteiger partial charge in [-0.2, -0.15) is 5.26 Å². The summed E-state index contributed by atoms with van der Waals surface area (Å²) in [6, 6.07) is 13.4. The van der Waals surface area contributed by atoms with Crippen molar-refractivity contribution in [1.29, 1.82) is 5.26 Å². The van der Waals surface area contributed by atoms with Crippen LogP contribution in [0.1, 0.15) is 5.56 Å². The highest BCUT2D eigenvalue weighted by atomic mass is 79.9. The molecule has 6 heteroatoms. The van der Waals surface area contributed by atoms with Gasteiger partial charge in [0.15, 0.2) is 0 Å². The second-order valence-electron chi connectivity index (χ2n) is 4.56. The summed E-state index contributed by atoms with van der Waals surface area (Å²) in [4.78, 5) is 12.2. The van der Waals surface area contributed by atoms with E-state index >= 15 is 0 Å². The van der Waals surface area contributed by atoms with Crippen LogP contribution < -0.4 is 10.1 Å². The number of amides is 1. The predicted molar refractivity (Wildman–Crippen MR) is 91.0 cm³/mol. The zero-order valence-corrected chi connectivity index (χ0v) is 13.8. The number of phenols is 1. The fourth-order valence-corrected chi connectivity index (χ4v) is 2.20. The van der Waals surface area contributed by atoms with E-state index in [1.807, 2.05) is 6.07 Å². The standard InChI is InChI=1S/C17H13BrN2O3/c1-23-14-5-3-13(4-6-14)20-17(22)12(10-19)8-11-2-7-16(21)15(18)9-11/h2-9,21H,1H3,(H,20,22)/b12-8+. The Morgan fingerprint density at radius 2 is 2.00 bits per heavy atom. The molecule has 0 saturated carbocycles. The fraction of sp³-hybridized carbons (Fsp3) is 0.0588. The molecule has 2 aromatic carbocycles. The molecule has 0 fully saturated rings. The van der Waals surface area contributed by atoms with Crippen molar-refractivity contribution >= 4 is 33.6 Å². The van der Waals surface area contributed by atoms with Gasteiger partial charge in [0.05, 0.1) is 11.6 Å². The fourth-order valence-electron chi connectivity index (χ4n) is 1.80. The van der Waals surface area contributed by atoms with Crippen molar-refractivity contribution in [3.05, 3.63) is 58.1 Å². The van der Waals surface area contributed by atoms with Crippen LogP contribution in [-0.2, 0) is 4.79 Å². The van der Waals surface area contributed by atoms with Gasteiger partial charge in [-0.25, -0.2) is 0 Å². The van der Waals surface area contributed by atoms with Crippen molar-refractivity contribution in [3.8, 4) is 17.6 Å². The molecule has 116 valence electrons. The maximum Gasteiger partial charge on any atom is 0.266 e. The zero-order valence-electron chi connectivity index (χ0n) is 12.2. The van der Waals surface area contributed by atoms with Crippen LogP contribution in [0.25, 0.3) is 6.08 Å². The molecular formula is C17H13BrN2O3. The molecule has 0 unspecified atom stereocenters. The van der Waals surface area contributed by atoms with E-state index in [-0.39, 0.29) is 11.3 Å². The smallest absolute Gasteiger partial charge is 0.266 e. The monoisotopic (exact) mass is 372 g/mol. The van der Waals surface area contributed by atoms with Crippen LogP contribution in [0.15, 0.2) is 52.5 Å². The van der Waals surface area contributed by atoms with E-state index in [1.165, 1.54) is 12.1 Å². The Labute approximate surface area is 142 Å². The molecular weight excluding hydrogens is 360 g/mol. The summed E-state index contributed by atoms with van der Waals surface area (Å²) >= 11 is 3.19. The molecule has 2 rings (SSSR count). The highest BCUT2D eigenvalue weighted by molar-refractivity contribution is 9.10. The molecule has 23 heavy (non-hydrogen) atoms. The number of hydrogen-bond acceptors (Lipinski definition) is 4. The lowest BCUT2D eigenvalue weighted by molar-refractivity contribution is -0.112. The summed E-state index contributed by atoms with van der Waals surface area (Å²) in [6.45, 7) is 0. The number of anilines is 1. The van der Waals surface area contributed by atoms with Crippen LogP contribution in [0.2, 0.25) is 0 Å². The number of hydrogen-bond donors (Lipinski definition) is 2. The molecule has 0 aliphatic rings. The van der Waals surface area contributed by atoms with Crippen molar-refractivity contribution < 1.29 is 14.6 Å². The predicted octanol–water partition coefficient (Wildman–Crippen LogP) is 3.71. The average Bonchev–Trinajstić information content (AvgIpc) is 2.56. The Balaban J connectivity index is 2.18. The zero-order chi connectivity index (χ0) is 16.8. The van der Waals surface area contributed by atoms with Gasteiger partial charge in [-0.05, 0) is 64.0 Å². The number of carbonyl (C=O) groups is 1. The number of rotatable bonds is 4. The number of nitrogens with zero attached hydrogens (tertiary/aromatic N) is 1. The summed E-state index contributed by atoms with van der Waals surface area (Å²) in [7, 11) is 1.56. The Hall–Kier alpha value is -2.78. The van der Waals surface area contributed by atoms with E-state index in [4.69, 9.17) is 4.74 Å². The molecule has 2 N–H and O–H groups in total. The number of benzene rings is 2. The Bertz CT molecular complexity index is 792. The molecule has 0 spiro atoms. The van der Waals surface area contributed by atoms with Gasteiger partial charge in [0.1, 0.15) is 23.1 Å². The van der Waals surface area contributed by atoms with E-state index in [0.29, 0.717) is 21.5 Å². The van der Waals surface area contributed by atoms with Crippen molar-refractivity contribution in [2.45, 2.75) is 0 Å². The topological polar surface area (TPSA) is 82.3 Å². The largest absolute Gasteiger partial charge is 0.507 e. The number of halogens is 1. The van der Waals surface area contributed by atoms with Crippen molar-refractivity contribution in [3.63, 3.8) is 0 Å². The van der Waals surface area contributed by atoms with E-state index in [1.54, 1.807) is 43.5 Å². The summed E-state index contributed by atoms with van der Waals surface area (Å²) < 4.78 is 5.53. The van der Waals surface area contributed by atoms with E-state index in [0.717, 1.165) is 0 Å². The summed E-state index contributed by atoms with van der Waals surface area (Å²) in [6.07, 6.45) is 1.45. The van der Waals surface area contributed by atoms with Crippen molar-refractivity contribution in [1.82, 2.24) is 0 Å². The third kappa shape index (κ3) is 4.34. The van der Waals surface area contributed by atoms with Crippen LogP contribution in [-0.4, -0.2) is 18.1 Å². The molecule has 2 aromatic rings. The Morgan fingerprint density at radius 3 is 2.57 bits per heavy atom. The van der Waals surface area contributed by atoms with Gasteiger partial charge in [0.2, 0.25) is 0 Å². The SMILES string of the molecule is COc1ccc(NC(=O)/C(C#N)=C/c2ccc(O)c(Br)c2)cc1. The lowest BCUT2D eigenvalue weighted by atomic mass is 10.1. The molecule has 0 aliphatic carbocycles. The molecule has 0 atom stereocenters. The van der Waals surface area contributed by atoms with E-state index < -0.39 is 5.91 Å². The first-order chi connectivity index (χ1) is 11.0. The number of carbonyl (C=O) groups excluding carboxylic acids is 1. The van der Waals surface area contributed by atoms with Crippen molar-refractivity contribution in [2.75, 3.05) is 12.4 Å². The minimum atomic E-state index is -0.512. The molecule has 5 nitrogen and oxygen atoms in total. The van der Waals surface area contributed by atoms with E-state index in [2.05, 4.69) is 21.2 Å². The van der Waals surface area contributed by atoms with Crippen LogP contribution in [0, 0.1) is 11.3 Å². The van der Waals surface area contributed by atoms with Crippen LogP contribution in [0.5, 0.6) is 11.5 Å². The number of nitrogens with one attached hydrogen (secondary N) is 1. The first-order valence-corrected chi connectivity index (χ1v) is 7.38. The van der Waals surface area contributed by atoms with Gasteiger partial charge in [0.25, 0.3) is 5.91 Å². The summed E-state index contributed by atoms with van der Waals surface area (Å²) in [5.41, 5.74) is 1.14. The minimum absolute atomic E-state index is 0.0431. The average molecular weight is 373 g/mol. The minimum Gasteiger partial charge on any atom is -0.507 e. The number of methoxy groups -OCH3 is 1. The highest BCUT2D eigenvalue weighted by Crippen LogP contribution is 2.25. The summed E-state index contributed by atoms with van der Waals surface area (Å²) in [5, 5.41) is 21.3. The molecule has 0 radical (unpaired) electrons. The number of ether oxygens (including phenoxy) is 1. The molecule has 0 bridgehead atoms. The third-order valence-electron chi connectivity index (χ3n) is 3.00. The van der Waals surface area contributed by atoms with Crippen LogP contribution in [0.4, 0.5) is 5.69 Å². The number of aromatic hydroxyl groups is 1. The summed E-state index contributed by atoms with van der Waals surface area (Å²) in [5.74, 6) is 0.248. The lowest BCUT2D eigenvalue weighted by Gasteiger charge is -2.06. The Morgan fingerprint density at radius 1 is 1.30 bits per heavy atom. The number of nitriles is 1.